The number of pyridine rings is 2. The van der Waals surface area contributed by atoms with E-state index in [-0.39, 0.29) is 11.6 Å². The minimum atomic E-state index is -0.478. The van der Waals surface area contributed by atoms with Gasteiger partial charge in [0, 0.05) is 59.6 Å². The quantitative estimate of drug-likeness (QED) is 0.254. The fraction of sp³-hybridized carbons (Fsp3) is 0.250. The van der Waals surface area contributed by atoms with Gasteiger partial charge < -0.3 is 19.7 Å². The first kappa shape index (κ1) is 26.6. The molecule has 3 aromatic heterocycles. The molecule has 1 aromatic carbocycles. The number of likely N-dealkylation sites (tertiary alicyclic amines) is 1. The highest BCUT2D eigenvalue weighted by Crippen LogP contribution is 2.37. The van der Waals surface area contributed by atoms with Crippen molar-refractivity contribution >= 4 is 45.9 Å². The standard InChI is InChI=1S/C28H27N5O4S2/c1-18(34)33-12-10-19(11-13-33)24-17-38-28(31-24)32-26-25(37-20-6-4-3-5-7-20)14-22(16-30-26)39-21-8-9-23(29-15-21)27(35)36-2/h3-9,14-17,19H,10-13H2,1-2H3,(H,30,31,32). The van der Waals surface area contributed by atoms with Crippen LogP contribution in [0.4, 0.5) is 10.9 Å². The second-order valence-corrected chi connectivity index (χ2v) is 10.9. The van der Waals surface area contributed by atoms with Crippen molar-refractivity contribution in [3.8, 4) is 11.5 Å². The van der Waals surface area contributed by atoms with Crippen LogP contribution < -0.4 is 10.1 Å². The van der Waals surface area contributed by atoms with E-state index in [0.717, 1.165) is 46.5 Å². The number of benzene rings is 1. The van der Waals surface area contributed by atoms with Gasteiger partial charge >= 0.3 is 5.97 Å². The Morgan fingerprint density at radius 1 is 1.05 bits per heavy atom. The van der Waals surface area contributed by atoms with Gasteiger partial charge in [0.15, 0.2) is 16.7 Å². The predicted octanol–water partition coefficient (Wildman–Crippen LogP) is 6.13. The van der Waals surface area contributed by atoms with Crippen molar-refractivity contribution in [2.75, 3.05) is 25.5 Å². The number of ether oxygens (including phenoxy) is 2. The average Bonchev–Trinajstić information content (AvgIpc) is 3.43. The normalized spacial score (nSPS) is 13.6. The minimum Gasteiger partial charge on any atom is -0.464 e. The van der Waals surface area contributed by atoms with Crippen LogP contribution in [0.3, 0.4) is 0 Å². The lowest BCUT2D eigenvalue weighted by Crippen LogP contribution is -2.36. The fourth-order valence-electron chi connectivity index (χ4n) is 4.19. The minimum absolute atomic E-state index is 0.127. The number of hydrogen-bond acceptors (Lipinski definition) is 10. The third-order valence-electron chi connectivity index (χ3n) is 6.27. The number of carbonyl (C=O) groups is 2. The Labute approximate surface area is 234 Å². The molecule has 5 rings (SSSR count). The van der Waals surface area contributed by atoms with E-state index in [2.05, 4.69) is 20.7 Å². The van der Waals surface area contributed by atoms with Gasteiger partial charge in [-0.15, -0.1) is 11.3 Å². The maximum Gasteiger partial charge on any atom is 0.356 e. The molecule has 0 saturated carbocycles. The van der Waals surface area contributed by atoms with Crippen LogP contribution in [0.15, 0.2) is 76.1 Å². The summed E-state index contributed by atoms with van der Waals surface area (Å²) >= 11 is 2.98. The third kappa shape index (κ3) is 6.73. The molecule has 4 heterocycles. The number of para-hydroxylation sites is 1. The third-order valence-corrected chi connectivity index (χ3v) is 7.98. The van der Waals surface area contributed by atoms with Crippen LogP contribution in [0, 0.1) is 0 Å². The zero-order valence-corrected chi connectivity index (χ0v) is 23.1. The zero-order chi connectivity index (χ0) is 27.2. The van der Waals surface area contributed by atoms with Crippen LogP contribution in [0.2, 0.25) is 0 Å². The second kappa shape index (κ2) is 12.3. The summed E-state index contributed by atoms with van der Waals surface area (Å²) < 4.78 is 10.9. The summed E-state index contributed by atoms with van der Waals surface area (Å²) in [4.78, 5) is 40.6. The molecule has 0 atom stereocenters. The molecule has 1 aliphatic heterocycles. The van der Waals surface area contributed by atoms with E-state index < -0.39 is 5.97 Å². The van der Waals surface area contributed by atoms with E-state index in [0.29, 0.717) is 23.2 Å². The number of rotatable bonds is 8. The summed E-state index contributed by atoms with van der Waals surface area (Å²) in [7, 11) is 1.33. The van der Waals surface area contributed by atoms with Gasteiger partial charge in [0.25, 0.3) is 0 Å². The van der Waals surface area contributed by atoms with Crippen LogP contribution in [-0.4, -0.2) is 51.9 Å². The van der Waals surface area contributed by atoms with Crippen LogP contribution in [0.1, 0.15) is 41.9 Å². The topological polar surface area (TPSA) is 107 Å². The summed E-state index contributed by atoms with van der Waals surface area (Å²) in [6.45, 7) is 3.14. The molecular weight excluding hydrogens is 534 g/mol. The average molecular weight is 562 g/mol. The molecule has 4 aromatic rings. The molecule has 1 N–H and O–H groups in total. The molecule has 1 fully saturated rings. The number of nitrogens with one attached hydrogen (secondary N) is 1. The van der Waals surface area contributed by atoms with Crippen molar-refractivity contribution in [3.63, 3.8) is 0 Å². The maximum atomic E-state index is 11.7. The number of thiazole rings is 1. The highest BCUT2D eigenvalue weighted by atomic mass is 32.2. The molecule has 1 aliphatic rings. The molecule has 1 amide bonds. The Hall–Kier alpha value is -3.96. The summed E-state index contributed by atoms with van der Waals surface area (Å²) in [5, 5.41) is 6.13. The molecule has 1 saturated heterocycles. The van der Waals surface area contributed by atoms with E-state index in [9.17, 15) is 9.59 Å². The number of methoxy groups -OCH3 is 1. The molecule has 0 bridgehead atoms. The van der Waals surface area contributed by atoms with Gasteiger partial charge in [0.1, 0.15) is 11.4 Å². The van der Waals surface area contributed by atoms with E-state index in [1.54, 1.807) is 25.4 Å². The number of piperidine rings is 1. The Bertz CT molecular complexity index is 1440. The van der Waals surface area contributed by atoms with Crippen molar-refractivity contribution in [1.82, 2.24) is 19.9 Å². The second-order valence-electron chi connectivity index (χ2n) is 8.89. The Kier molecular flexibility index (Phi) is 8.38. The number of anilines is 2. The maximum absolute atomic E-state index is 11.7. The molecule has 0 radical (unpaired) electrons. The lowest BCUT2D eigenvalue weighted by Gasteiger charge is -2.30. The number of aromatic nitrogens is 3. The monoisotopic (exact) mass is 561 g/mol. The zero-order valence-electron chi connectivity index (χ0n) is 21.5. The van der Waals surface area contributed by atoms with Crippen LogP contribution in [0.5, 0.6) is 11.5 Å². The van der Waals surface area contributed by atoms with E-state index in [1.165, 1.54) is 30.2 Å². The molecule has 39 heavy (non-hydrogen) atoms. The highest BCUT2D eigenvalue weighted by Gasteiger charge is 2.24. The number of hydrogen-bond donors (Lipinski definition) is 1. The summed E-state index contributed by atoms with van der Waals surface area (Å²) in [6, 6.07) is 14.9. The summed E-state index contributed by atoms with van der Waals surface area (Å²) in [5.74, 6) is 1.77. The number of esters is 1. The van der Waals surface area contributed by atoms with Crippen molar-refractivity contribution < 1.29 is 19.1 Å². The van der Waals surface area contributed by atoms with Crippen molar-refractivity contribution in [2.45, 2.75) is 35.5 Å². The van der Waals surface area contributed by atoms with Crippen LogP contribution in [0.25, 0.3) is 0 Å². The SMILES string of the molecule is COC(=O)c1ccc(Sc2cnc(Nc3nc(C4CCN(C(C)=O)CC4)cs3)c(Oc3ccccc3)c2)cn1. The van der Waals surface area contributed by atoms with Gasteiger partial charge in [-0.3, -0.25) is 4.79 Å². The Balaban J connectivity index is 1.33. The molecule has 0 spiro atoms. The first-order valence-corrected chi connectivity index (χ1v) is 14.1. The smallest absolute Gasteiger partial charge is 0.356 e. The number of carbonyl (C=O) groups excluding carboxylic acids is 2. The van der Waals surface area contributed by atoms with Gasteiger partial charge in [-0.2, -0.15) is 0 Å². The predicted molar refractivity (Wildman–Crippen MR) is 150 cm³/mol. The number of nitrogens with zero attached hydrogens (tertiary/aromatic N) is 4. The van der Waals surface area contributed by atoms with E-state index in [1.807, 2.05) is 47.4 Å². The highest BCUT2D eigenvalue weighted by molar-refractivity contribution is 7.99. The fourth-order valence-corrected chi connectivity index (χ4v) is 5.77. The summed E-state index contributed by atoms with van der Waals surface area (Å²) in [6.07, 6.45) is 5.19. The van der Waals surface area contributed by atoms with Crippen molar-refractivity contribution in [1.29, 1.82) is 0 Å². The van der Waals surface area contributed by atoms with Gasteiger partial charge in [0.2, 0.25) is 5.91 Å². The molecule has 9 nitrogen and oxygen atoms in total. The summed E-state index contributed by atoms with van der Waals surface area (Å²) in [5.41, 5.74) is 1.28. The number of amides is 1. The molecule has 11 heteroatoms. The van der Waals surface area contributed by atoms with Crippen LogP contribution >= 0.6 is 23.1 Å². The first-order valence-electron chi connectivity index (χ1n) is 12.4. The van der Waals surface area contributed by atoms with Crippen molar-refractivity contribution in [2.24, 2.45) is 0 Å². The van der Waals surface area contributed by atoms with Gasteiger partial charge in [0.05, 0.1) is 12.8 Å². The van der Waals surface area contributed by atoms with Crippen LogP contribution in [-0.2, 0) is 9.53 Å². The van der Waals surface area contributed by atoms with Gasteiger partial charge in [-0.05, 0) is 37.1 Å². The molecule has 0 unspecified atom stereocenters. The van der Waals surface area contributed by atoms with Gasteiger partial charge in [-0.1, -0.05) is 30.0 Å². The lowest BCUT2D eigenvalue weighted by atomic mass is 9.94. The largest absolute Gasteiger partial charge is 0.464 e. The lowest BCUT2D eigenvalue weighted by molar-refractivity contribution is -0.129. The van der Waals surface area contributed by atoms with Crippen molar-refractivity contribution in [3.05, 3.63) is 77.7 Å². The Morgan fingerprint density at radius 3 is 2.51 bits per heavy atom. The molecule has 200 valence electrons. The Morgan fingerprint density at radius 2 is 1.82 bits per heavy atom. The molecule has 0 aliphatic carbocycles. The van der Waals surface area contributed by atoms with Gasteiger partial charge in [-0.25, -0.2) is 19.7 Å². The van der Waals surface area contributed by atoms with E-state index in [4.69, 9.17) is 14.5 Å². The molecular formula is C28H27N5O4S2. The first-order chi connectivity index (χ1) is 19.0. The van der Waals surface area contributed by atoms with E-state index >= 15 is 0 Å².